The summed E-state index contributed by atoms with van der Waals surface area (Å²) >= 11 is 0. The molecule has 0 spiro atoms. The van der Waals surface area contributed by atoms with E-state index in [4.69, 9.17) is 34.2 Å². The first-order valence-corrected chi connectivity index (χ1v) is 9.01. The van der Waals surface area contributed by atoms with E-state index >= 15 is 0 Å². The van der Waals surface area contributed by atoms with Crippen molar-refractivity contribution in [2.45, 2.75) is 76.6 Å². The van der Waals surface area contributed by atoms with Crippen molar-refractivity contribution >= 4 is 5.69 Å². The van der Waals surface area contributed by atoms with Crippen LogP contribution in [0.2, 0.25) is 0 Å². The molecule has 3 aliphatic heterocycles. The zero-order chi connectivity index (χ0) is 18.5. The maximum absolute atomic E-state index is 6.22. The van der Waals surface area contributed by atoms with E-state index in [-0.39, 0.29) is 24.4 Å². The minimum Gasteiger partial charge on any atom is -0.399 e. The maximum atomic E-state index is 6.22. The van der Waals surface area contributed by atoms with Gasteiger partial charge in [0, 0.05) is 5.69 Å². The average Bonchev–Trinajstić information content (AvgIpc) is 3.16. The van der Waals surface area contributed by atoms with E-state index in [0.29, 0.717) is 13.2 Å². The summed E-state index contributed by atoms with van der Waals surface area (Å²) in [6.07, 6.45) is -1.66. The second-order valence-corrected chi connectivity index (χ2v) is 7.95. The van der Waals surface area contributed by atoms with E-state index in [1.165, 1.54) is 0 Å². The topological polar surface area (TPSA) is 81.4 Å². The first kappa shape index (κ1) is 18.2. The highest BCUT2D eigenvalue weighted by Gasteiger charge is 2.58. The molecule has 1 aromatic rings. The molecule has 1 aromatic carbocycles. The van der Waals surface area contributed by atoms with Crippen molar-refractivity contribution in [1.29, 1.82) is 0 Å². The molecule has 7 nitrogen and oxygen atoms in total. The van der Waals surface area contributed by atoms with Crippen molar-refractivity contribution in [2.75, 3.05) is 12.3 Å². The molecule has 7 heteroatoms. The molecular formula is C19H27NO6. The molecule has 0 amide bonds. The van der Waals surface area contributed by atoms with Crippen LogP contribution in [0.3, 0.4) is 0 Å². The SMILES string of the molecule is CC1(C)OC2C(OCc3ccc(N)cc3)[C@@H]([C@H]3COC(C)(C)O3)O[C@@H]2O1. The van der Waals surface area contributed by atoms with Crippen molar-refractivity contribution in [3.63, 3.8) is 0 Å². The Bertz CT molecular complexity index is 646. The fourth-order valence-corrected chi connectivity index (χ4v) is 3.68. The van der Waals surface area contributed by atoms with Gasteiger partial charge in [-0.1, -0.05) is 12.1 Å². The van der Waals surface area contributed by atoms with Crippen LogP contribution in [0.5, 0.6) is 0 Å². The summed E-state index contributed by atoms with van der Waals surface area (Å²) in [4.78, 5) is 0. The van der Waals surface area contributed by atoms with Crippen LogP contribution in [0.4, 0.5) is 5.69 Å². The zero-order valence-electron chi connectivity index (χ0n) is 15.6. The summed E-state index contributed by atoms with van der Waals surface area (Å²) < 4.78 is 36.0. The van der Waals surface area contributed by atoms with E-state index in [1.54, 1.807) is 0 Å². The summed E-state index contributed by atoms with van der Waals surface area (Å²) in [6.45, 7) is 8.40. The van der Waals surface area contributed by atoms with Crippen molar-refractivity contribution in [3.05, 3.63) is 29.8 Å². The Morgan fingerprint density at radius 2 is 1.73 bits per heavy atom. The molecule has 3 saturated heterocycles. The lowest BCUT2D eigenvalue weighted by Gasteiger charge is -2.29. The molecule has 2 unspecified atom stereocenters. The summed E-state index contributed by atoms with van der Waals surface area (Å²) in [5, 5.41) is 0. The first-order chi connectivity index (χ1) is 12.2. The molecule has 3 fully saturated rings. The second kappa shape index (κ2) is 6.44. The predicted molar refractivity (Wildman–Crippen MR) is 93.0 cm³/mol. The maximum Gasteiger partial charge on any atom is 0.190 e. The van der Waals surface area contributed by atoms with Gasteiger partial charge in [-0.25, -0.2) is 0 Å². The molecule has 5 atom stereocenters. The lowest BCUT2D eigenvalue weighted by molar-refractivity contribution is -0.236. The standard InChI is InChI=1S/C19H27NO6/c1-18(2)22-10-13(24-18)14-15(16-17(23-14)26-19(3,4)25-16)21-9-11-5-7-12(20)8-6-11/h5-8,13-17H,9-10,20H2,1-4H3/t13-,14-,15?,16?,17-/m1/s1. The van der Waals surface area contributed by atoms with Crippen LogP contribution in [0, 0.1) is 0 Å². The number of hydrogen-bond donors (Lipinski definition) is 1. The number of hydrogen-bond acceptors (Lipinski definition) is 7. The van der Waals surface area contributed by atoms with Crippen LogP contribution in [0.1, 0.15) is 33.3 Å². The van der Waals surface area contributed by atoms with Crippen LogP contribution >= 0.6 is 0 Å². The summed E-state index contributed by atoms with van der Waals surface area (Å²) in [5.41, 5.74) is 7.50. The smallest absolute Gasteiger partial charge is 0.190 e. The second-order valence-electron chi connectivity index (χ2n) is 7.95. The Hall–Kier alpha value is -1.22. The van der Waals surface area contributed by atoms with Crippen LogP contribution in [0.15, 0.2) is 24.3 Å². The quantitative estimate of drug-likeness (QED) is 0.819. The van der Waals surface area contributed by atoms with Crippen LogP contribution in [0.25, 0.3) is 0 Å². The first-order valence-electron chi connectivity index (χ1n) is 9.01. The normalized spacial score (nSPS) is 37.8. The van der Waals surface area contributed by atoms with E-state index in [2.05, 4.69) is 0 Å². The predicted octanol–water partition coefficient (Wildman–Crippen LogP) is 2.18. The van der Waals surface area contributed by atoms with Crippen molar-refractivity contribution < 1.29 is 28.4 Å². The Morgan fingerprint density at radius 3 is 2.38 bits per heavy atom. The molecule has 26 heavy (non-hydrogen) atoms. The van der Waals surface area contributed by atoms with Crippen molar-refractivity contribution in [2.24, 2.45) is 0 Å². The fourth-order valence-electron chi connectivity index (χ4n) is 3.68. The van der Waals surface area contributed by atoms with E-state index in [0.717, 1.165) is 11.3 Å². The van der Waals surface area contributed by atoms with Crippen LogP contribution < -0.4 is 5.73 Å². The number of benzene rings is 1. The largest absolute Gasteiger partial charge is 0.399 e. The van der Waals surface area contributed by atoms with Gasteiger partial charge in [-0.3, -0.25) is 0 Å². The Kier molecular flexibility index (Phi) is 4.50. The number of ether oxygens (including phenoxy) is 6. The highest BCUT2D eigenvalue weighted by Crippen LogP contribution is 2.42. The summed E-state index contributed by atoms with van der Waals surface area (Å²) in [6, 6.07) is 7.62. The molecule has 0 aromatic heterocycles. The molecule has 0 aliphatic carbocycles. The average molecular weight is 365 g/mol. The van der Waals surface area contributed by atoms with Gasteiger partial charge in [-0.05, 0) is 45.4 Å². The highest BCUT2D eigenvalue weighted by molar-refractivity contribution is 5.39. The molecular weight excluding hydrogens is 338 g/mol. The molecule has 0 bridgehead atoms. The van der Waals surface area contributed by atoms with Crippen LogP contribution in [-0.4, -0.2) is 48.9 Å². The van der Waals surface area contributed by atoms with Gasteiger partial charge in [0.25, 0.3) is 0 Å². The molecule has 3 aliphatic rings. The number of rotatable bonds is 4. The Balaban J connectivity index is 1.49. The van der Waals surface area contributed by atoms with E-state index in [1.807, 2.05) is 52.0 Å². The lowest BCUT2D eigenvalue weighted by atomic mass is 10.1. The minimum atomic E-state index is -0.699. The minimum absolute atomic E-state index is 0.234. The third-order valence-electron chi connectivity index (χ3n) is 4.85. The number of nitrogen functional groups attached to an aromatic ring is 1. The summed E-state index contributed by atoms with van der Waals surface area (Å²) in [7, 11) is 0. The molecule has 4 rings (SSSR count). The molecule has 0 saturated carbocycles. The zero-order valence-corrected chi connectivity index (χ0v) is 15.6. The molecule has 144 valence electrons. The van der Waals surface area contributed by atoms with Crippen molar-refractivity contribution in [1.82, 2.24) is 0 Å². The number of nitrogens with two attached hydrogens (primary N) is 1. The molecule has 0 radical (unpaired) electrons. The fraction of sp³-hybridized carbons (Fsp3) is 0.684. The van der Waals surface area contributed by atoms with Crippen molar-refractivity contribution in [3.8, 4) is 0 Å². The third kappa shape index (κ3) is 3.60. The number of fused-ring (bicyclic) bond motifs is 1. The third-order valence-corrected chi connectivity index (χ3v) is 4.85. The monoisotopic (exact) mass is 365 g/mol. The van der Waals surface area contributed by atoms with Gasteiger partial charge >= 0.3 is 0 Å². The Morgan fingerprint density at radius 1 is 1.00 bits per heavy atom. The van der Waals surface area contributed by atoms with Gasteiger partial charge < -0.3 is 34.2 Å². The van der Waals surface area contributed by atoms with Gasteiger partial charge in [0.05, 0.1) is 13.2 Å². The van der Waals surface area contributed by atoms with Gasteiger partial charge in [0.2, 0.25) is 0 Å². The van der Waals surface area contributed by atoms with Gasteiger partial charge in [0.1, 0.15) is 24.4 Å². The highest BCUT2D eigenvalue weighted by atomic mass is 16.8. The van der Waals surface area contributed by atoms with E-state index in [9.17, 15) is 0 Å². The van der Waals surface area contributed by atoms with E-state index < -0.39 is 17.9 Å². The van der Waals surface area contributed by atoms with Crippen LogP contribution in [-0.2, 0) is 35.0 Å². The van der Waals surface area contributed by atoms with Gasteiger partial charge in [0.15, 0.2) is 17.9 Å². The molecule has 3 heterocycles. The van der Waals surface area contributed by atoms with Gasteiger partial charge in [-0.2, -0.15) is 0 Å². The number of anilines is 1. The lowest BCUT2D eigenvalue weighted by Crippen LogP contribution is -2.44. The Labute approximate surface area is 153 Å². The molecule has 2 N–H and O–H groups in total. The van der Waals surface area contributed by atoms with Gasteiger partial charge in [-0.15, -0.1) is 0 Å². The summed E-state index contributed by atoms with van der Waals surface area (Å²) in [5.74, 6) is -1.33.